The van der Waals surface area contributed by atoms with Gasteiger partial charge in [-0.3, -0.25) is 4.79 Å². The number of hydrogen-bond donors (Lipinski definition) is 2. The van der Waals surface area contributed by atoms with Crippen LogP contribution >= 0.6 is 0 Å². The van der Waals surface area contributed by atoms with Crippen LogP contribution in [0.4, 0.5) is 0 Å². The lowest BCUT2D eigenvalue weighted by Gasteiger charge is -2.15. The predicted molar refractivity (Wildman–Crippen MR) is 81.2 cm³/mol. The summed E-state index contributed by atoms with van der Waals surface area (Å²) in [6, 6.07) is 14.9. The molecule has 0 bridgehead atoms. The molecule has 0 unspecified atom stereocenters. The molecule has 21 heavy (non-hydrogen) atoms. The van der Waals surface area contributed by atoms with Crippen molar-refractivity contribution < 1.29 is 14.6 Å². The smallest absolute Gasteiger partial charge is 0.307 e. The Balaban J connectivity index is 2.15. The van der Waals surface area contributed by atoms with E-state index in [-0.39, 0.29) is 12.5 Å². The van der Waals surface area contributed by atoms with E-state index in [1.807, 2.05) is 55.5 Å². The second kappa shape index (κ2) is 6.90. The summed E-state index contributed by atoms with van der Waals surface area (Å²) in [4.78, 5) is 10.9. The first-order chi connectivity index (χ1) is 10.1. The van der Waals surface area contributed by atoms with Gasteiger partial charge in [0, 0.05) is 11.6 Å². The molecule has 0 heterocycles. The maximum Gasteiger partial charge on any atom is 0.307 e. The van der Waals surface area contributed by atoms with Crippen molar-refractivity contribution in [3.63, 3.8) is 0 Å². The molecule has 0 aliphatic rings. The van der Waals surface area contributed by atoms with Crippen LogP contribution in [0.15, 0.2) is 48.5 Å². The lowest BCUT2D eigenvalue weighted by molar-refractivity contribution is -0.136. The van der Waals surface area contributed by atoms with Gasteiger partial charge >= 0.3 is 5.97 Å². The molecule has 0 amide bonds. The Bertz CT molecular complexity index is 623. The molecule has 2 aromatic rings. The van der Waals surface area contributed by atoms with Crippen molar-refractivity contribution in [1.29, 1.82) is 0 Å². The Hall–Kier alpha value is -2.33. The third-order valence-corrected chi connectivity index (χ3v) is 3.25. The summed E-state index contributed by atoms with van der Waals surface area (Å²) in [5.74, 6) is -0.115. The second-order valence-corrected chi connectivity index (χ2v) is 4.95. The molecule has 0 saturated heterocycles. The summed E-state index contributed by atoms with van der Waals surface area (Å²) in [5.41, 5.74) is 8.50. The number of ether oxygens (including phenoxy) is 1. The van der Waals surface area contributed by atoms with Crippen LogP contribution in [0, 0.1) is 0 Å². The van der Waals surface area contributed by atoms with E-state index in [0.29, 0.717) is 6.61 Å². The van der Waals surface area contributed by atoms with Gasteiger partial charge in [-0.2, -0.15) is 0 Å². The molecule has 4 nitrogen and oxygen atoms in total. The van der Waals surface area contributed by atoms with Gasteiger partial charge in [-0.25, -0.2) is 0 Å². The monoisotopic (exact) mass is 285 g/mol. The third kappa shape index (κ3) is 4.07. The van der Waals surface area contributed by atoms with E-state index in [1.54, 1.807) is 0 Å². The fraction of sp³-hybridized carbons (Fsp3) is 0.235. The number of aliphatic carboxylic acids is 1. The topological polar surface area (TPSA) is 72.5 Å². The molecule has 110 valence electrons. The second-order valence-electron chi connectivity index (χ2n) is 4.95. The van der Waals surface area contributed by atoms with Crippen molar-refractivity contribution >= 4 is 5.97 Å². The molecule has 2 aromatic carbocycles. The van der Waals surface area contributed by atoms with Crippen LogP contribution < -0.4 is 10.5 Å². The van der Waals surface area contributed by atoms with E-state index in [9.17, 15) is 4.79 Å². The van der Waals surface area contributed by atoms with Gasteiger partial charge in [0.15, 0.2) is 0 Å². The highest BCUT2D eigenvalue weighted by Crippen LogP contribution is 2.24. The van der Waals surface area contributed by atoms with Gasteiger partial charge in [0.2, 0.25) is 0 Å². The van der Waals surface area contributed by atoms with E-state index in [0.717, 1.165) is 22.4 Å². The number of benzene rings is 2. The minimum Gasteiger partial charge on any atom is -0.489 e. The van der Waals surface area contributed by atoms with Gasteiger partial charge in [-0.1, -0.05) is 42.5 Å². The van der Waals surface area contributed by atoms with Crippen molar-refractivity contribution in [1.82, 2.24) is 0 Å². The molecule has 1 atom stereocenters. The summed E-state index contributed by atoms with van der Waals surface area (Å²) < 4.78 is 5.83. The van der Waals surface area contributed by atoms with Gasteiger partial charge in [0.25, 0.3) is 0 Å². The zero-order valence-corrected chi connectivity index (χ0v) is 12.0. The average molecular weight is 285 g/mol. The first-order valence-corrected chi connectivity index (χ1v) is 6.84. The number of nitrogens with two attached hydrogens (primary N) is 1. The fourth-order valence-corrected chi connectivity index (χ4v) is 2.18. The molecule has 2 rings (SSSR count). The summed E-state index contributed by atoms with van der Waals surface area (Å²) in [5, 5.41) is 8.94. The highest BCUT2D eigenvalue weighted by molar-refractivity contribution is 5.70. The minimum atomic E-state index is -0.849. The molecule has 0 aromatic heterocycles. The number of hydrogen-bond acceptors (Lipinski definition) is 3. The van der Waals surface area contributed by atoms with Crippen LogP contribution in [0.1, 0.15) is 29.7 Å². The Morgan fingerprint density at radius 3 is 2.43 bits per heavy atom. The predicted octanol–water partition coefficient (Wildman–Crippen LogP) is 2.91. The van der Waals surface area contributed by atoms with Crippen LogP contribution in [-0.2, 0) is 17.8 Å². The van der Waals surface area contributed by atoms with E-state index in [4.69, 9.17) is 15.6 Å². The largest absolute Gasteiger partial charge is 0.489 e. The molecule has 3 N–H and O–H groups in total. The maximum absolute atomic E-state index is 10.9. The minimum absolute atomic E-state index is 0.00548. The summed E-state index contributed by atoms with van der Waals surface area (Å²) >= 11 is 0. The average Bonchev–Trinajstić information content (AvgIpc) is 2.46. The fourth-order valence-electron chi connectivity index (χ4n) is 2.18. The summed E-state index contributed by atoms with van der Waals surface area (Å²) in [6.07, 6.45) is -0.00548. The number of carboxylic acids is 1. The van der Waals surface area contributed by atoms with Crippen LogP contribution in [0.5, 0.6) is 5.75 Å². The van der Waals surface area contributed by atoms with Crippen LogP contribution in [0.25, 0.3) is 0 Å². The third-order valence-electron chi connectivity index (χ3n) is 3.25. The van der Waals surface area contributed by atoms with Gasteiger partial charge in [0.1, 0.15) is 12.4 Å². The highest BCUT2D eigenvalue weighted by atomic mass is 16.5. The molecule has 0 spiro atoms. The van der Waals surface area contributed by atoms with Crippen LogP contribution in [0.2, 0.25) is 0 Å². The van der Waals surface area contributed by atoms with Gasteiger partial charge in [-0.15, -0.1) is 0 Å². The first-order valence-electron chi connectivity index (χ1n) is 6.84. The Morgan fingerprint density at radius 2 is 1.76 bits per heavy atom. The Labute approximate surface area is 124 Å². The lowest BCUT2D eigenvalue weighted by atomic mass is 10.1. The maximum atomic E-state index is 10.9. The number of rotatable bonds is 6. The van der Waals surface area contributed by atoms with E-state index < -0.39 is 5.97 Å². The zero-order chi connectivity index (χ0) is 15.2. The zero-order valence-electron chi connectivity index (χ0n) is 12.0. The molecular weight excluding hydrogens is 266 g/mol. The van der Waals surface area contributed by atoms with Gasteiger partial charge in [0.05, 0.1) is 6.42 Å². The molecule has 0 aliphatic heterocycles. The van der Waals surface area contributed by atoms with Crippen molar-refractivity contribution in [2.75, 3.05) is 0 Å². The van der Waals surface area contributed by atoms with Gasteiger partial charge in [-0.05, 0) is 24.1 Å². The Kier molecular flexibility index (Phi) is 4.95. The quantitative estimate of drug-likeness (QED) is 0.856. The van der Waals surface area contributed by atoms with Crippen molar-refractivity contribution in [2.24, 2.45) is 5.73 Å². The SMILES string of the molecule is C[C@H](N)c1ccccc1OCc1ccccc1CC(=O)O. The van der Waals surface area contributed by atoms with E-state index in [2.05, 4.69) is 0 Å². The van der Waals surface area contributed by atoms with Crippen LogP contribution in [-0.4, -0.2) is 11.1 Å². The first kappa shape index (κ1) is 15.1. The molecule has 0 radical (unpaired) electrons. The lowest BCUT2D eigenvalue weighted by Crippen LogP contribution is -2.09. The van der Waals surface area contributed by atoms with Crippen molar-refractivity contribution in [3.8, 4) is 5.75 Å². The van der Waals surface area contributed by atoms with E-state index >= 15 is 0 Å². The normalized spacial score (nSPS) is 11.9. The van der Waals surface area contributed by atoms with Crippen molar-refractivity contribution in [2.45, 2.75) is 26.0 Å². The molecule has 0 saturated carbocycles. The molecule has 0 fully saturated rings. The highest BCUT2D eigenvalue weighted by Gasteiger charge is 2.10. The molecular formula is C17H19NO3. The standard InChI is InChI=1S/C17H19NO3/c1-12(18)15-8-4-5-9-16(15)21-11-14-7-3-2-6-13(14)10-17(19)20/h2-9,12H,10-11,18H2,1H3,(H,19,20)/t12-/m0/s1. The van der Waals surface area contributed by atoms with Crippen molar-refractivity contribution in [3.05, 3.63) is 65.2 Å². The molecule has 4 heteroatoms. The Morgan fingerprint density at radius 1 is 1.14 bits per heavy atom. The number of carboxylic acid groups (broad SMARTS) is 1. The number of carbonyl (C=O) groups is 1. The van der Waals surface area contributed by atoms with Crippen LogP contribution in [0.3, 0.4) is 0 Å². The van der Waals surface area contributed by atoms with E-state index in [1.165, 1.54) is 0 Å². The van der Waals surface area contributed by atoms with Gasteiger partial charge < -0.3 is 15.6 Å². The summed E-state index contributed by atoms with van der Waals surface area (Å²) in [6.45, 7) is 2.23. The number of para-hydroxylation sites is 1. The molecule has 0 aliphatic carbocycles. The summed E-state index contributed by atoms with van der Waals surface area (Å²) in [7, 11) is 0.